The van der Waals surface area contributed by atoms with Crippen LogP contribution in [0.3, 0.4) is 0 Å². The highest BCUT2D eigenvalue weighted by molar-refractivity contribution is 5.01. The molecular formula is C17H28N2O2. The zero-order valence-corrected chi connectivity index (χ0v) is 13.3. The topological polar surface area (TPSA) is 37.6 Å². The molecule has 1 aliphatic carbocycles. The predicted molar refractivity (Wildman–Crippen MR) is 83.1 cm³/mol. The first-order chi connectivity index (χ1) is 10.2. The average molecular weight is 292 g/mol. The van der Waals surface area contributed by atoms with Gasteiger partial charge < -0.3 is 14.5 Å². The molecule has 1 saturated carbocycles. The van der Waals surface area contributed by atoms with Crippen molar-refractivity contribution in [1.29, 1.82) is 0 Å². The zero-order chi connectivity index (χ0) is 14.7. The molecule has 1 N–H and O–H groups in total. The van der Waals surface area contributed by atoms with Gasteiger partial charge in [-0.1, -0.05) is 13.8 Å². The number of hydrogen-bond acceptors (Lipinski definition) is 4. The Bertz CT molecular complexity index is 420. The van der Waals surface area contributed by atoms with E-state index in [1.54, 1.807) is 6.26 Å². The van der Waals surface area contributed by atoms with Crippen molar-refractivity contribution in [3.63, 3.8) is 0 Å². The fourth-order valence-corrected chi connectivity index (χ4v) is 3.18. The highest BCUT2D eigenvalue weighted by atomic mass is 16.5. The number of ether oxygens (including phenoxy) is 1. The van der Waals surface area contributed by atoms with Crippen LogP contribution in [0.1, 0.15) is 38.9 Å². The molecule has 1 unspecified atom stereocenters. The van der Waals surface area contributed by atoms with E-state index in [1.165, 1.54) is 12.8 Å². The van der Waals surface area contributed by atoms with Gasteiger partial charge in [0, 0.05) is 37.2 Å². The summed E-state index contributed by atoms with van der Waals surface area (Å²) in [5.41, 5.74) is 0.263. The Morgan fingerprint density at radius 3 is 2.86 bits per heavy atom. The maximum absolute atomic E-state index is 5.74. The SMILES string of the molecule is CC(C)NCC1(CN(Cc2ccco2)C2CC2)CCOC1. The van der Waals surface area contributed by atoms with Crippen molar-refractivity contribution in [2.24, 2.45) is 5.41 Å². The van der Waals surface area contributed by atoms with Gasteiger partial charge in [-0.15, -0.1) is 0 Å². The Balaban J connectivity index is 1.64. The monoisotopic (exact) mass is 292 g/mol. The molecule has 2 fully saturated rings. The lowest BCUT2D eigenvalue weighted by Gasteiger charge is -2.35. The summed E-state index contributed by atoms with van der Waals surface area (Å²) in [6.07, 6.45) is 5.59. The molecule has 21 heavy (non-hydrogen) atoms. The summed E-state index contributed by atoms with van der Waals surface area (Å²) in [6.45, 7) is 9.30. The summed E-state index contributed by atoms with van der Waals surface area (Å²) >= 11 is 0. The molecule has 0 amide bonds. The van der Waals surface area contributed by atoms with Gasteiger partial charge in [-0.3, -0.25) is 4.90 Å². The summed E-state index contributed by atoms with van der Waals surface area (Å²) in [5.74, 6) is 1.08. The van der Waals surface area contributed by atoms with Crippen LogP contribution in [0.25, 0.3) is 0 Å². The molecule has 2 aliphatic rings. The van der Waals surface area contributed by atoms with Crippen LogP contribution in [0.15, 0.2) is 22.8 Å². The van der Waals surface area contributed by atoms with Crippen LogP contribution in [-0.4, -0.2) is 43.3 Å². The molecule has 0 aromatic carbocycles. The molecule has 0 radical (unpaired) electrons. The third-order valence-electron chi connectivity index (χ3n) is 4.61. The van der Waals surface area contributed by atoms with Crippen LogP contribution < -0.4 is 5.32 Å². The molecule has 4 heteroatoms. The Morgan fingerprint density at radius 2 is 2.29 bits per heavy atom. The van der Waals surface area contributed by atoms with Gasteiger partial charge in [0.2, 0.25) is 0 Å². The Hall–Kier alpha value is -0.840. The Kier molecular flexibility index (Phi) is 4.67. The van der Waals surface area contributed by atoms with Gasteiger partial charge >= 0.3 is 0 Å². The quantitative estimate of drug-likeness (QED) is 0.799. The van der Waals surface area contributed by atoms with E-state index in [0.717, 1.165) is 51.1 Å². The highest BCUT2D eigenvalue weighted by Crippen LogP contribution is 2.35. The van der Waals surface area contributed by atoms with Gasteiger partial charge in [-0.05, 0) is 31.4 Å². The fourth-order valence-electron chi connectivity index (χ4n) is 3.18. The van der Waals surface area contributed by atoms with Crippen molar-refractivity contribution < 1.29 is 9.15 Å². The molecule has 0 spiro atoms. The normalized spacial score (nSPS) is 26.1. The maximum Gasteiger partial charge on any atom is 0.117 e. The van der Waals surface area contributed by atoms with Crippen molar-refractivity contribution in [3.05, 3.63) is 24.2 Å². The van der Waals surface area contributed by atoms with Gasteiger partial charge in [-0.2, -0.15) is 0 Å². The van der Waals surface area contributed by atoms with Crippen LogP contribution in [0.2, 0.25) is 0 Å². The van der Waals surface area contributed by atoms with E-state index in [-0.39, 0.29) is 5.41 Å². The molecule has 1 aliphatic heterocycles. The molecule has 2 heterocycles. The second-order valence-corrected chi connectivity index (χ2v) is 7.05. The van der Waals surface area contributed by atoms with E-state index < -0.39 is 0 Å². The minimum absolute atomic E-state index is 0.263. The largest absolute Gasteiger partial charge is 0.468 e. The first-order valence-corrected chi connectivity index (χ1v) is 8.24. The standard InChI is InChI=1S/C17H28N2O2/c1-14(2)18-11-17(7-9-20-13-17)12-19(15-5-6-15)10-16-4-3-8-21-16/h3-4,8,14-15,18H,5-7,9-13H2,1-2H3. The van der Waals surface area contributed by atoms with Crippen LogP contribution in [-0.2, 0) is 11.3 Å². The molecule has 1 saturated heterocycles. The number of furan rings is 1. The minimum atomic E-state index is 0.263. The lowest BCUT2D eigenvalue weighted by atomic mass is 9.86. The number of hydrogen-bond donors (Lipinski definition) is 1. The van der Waals surface area contributed by atoms with Crippen LogP contribution >= 0.6 is 0 Å². The maximum atomic E-state index is 5.74. The first-order valence-electron chi connectivity index (χ1n) is 8.24. The van der Waals surface area contributed by atoms with Crippen molar-refractivity contribution >= 4 is 0 Å². The molecular weight excluding hydrogens is 264 g/mol. The summed E-state index contributed by atoms with van der Waals surface area (Å²) < 4.78 is 11.3. The van der Waals surface area contributed by atoms with Crippen LogP contribution in [0.5, 0.6) is 0 Å². The van der Waals surface area contributed by atoms with Gasteiger partial charge in [0.25, 0.3) is 0 Å². The fraction of sp³-hybridized carbons (Fsp3) is 0.765. The first kappa shape index (κ1) is 15.1. The van der Waals surface area contributed by atoms with Gasteiger partial charge in [-0.25, -0.2) is 0 Å². The van der Waals surface area contributed by atoms with Crippen molar-refractivity contribution in [3.8, 4) is 0 Å². The van der Waals surface area contributed by atoms with E-state index in [2.05, 4.69) is 30.1 Å². The summed E-state index contributed by atoms with van der Waals surface area (Å²) in [7, 11) is 0. The van der Waals surface area contributed by atoms with Gasteiger partial charge in [0.1, 0.15) is 5.76 Å². The van der Waals surface area contributed by atoms with Crippen molar-refractivity contribution in [1.82, 2.24) is 10.2 Å². The van der Waals surface area contributed by atoms with E-state index >= 15 is 0 Å². The lowest BCUT2D eigenvalue weighted by Crippen LogP contribution is -2.46. The smallest absolute Gasteiger partial charge is 0.117 e. The number of nitrogens with zero attached hydrogens (tertiary/aromatic N) is 1. The molecule has 118 valence electrons. The van der Waals surface area contributed by atoms with Crippen LogP contribution in [0, 0.1) is 5.41 Å². The highest BCUT2D eigenvalue weighted by Gasteiger charge is 2.40. The second-order valence-electron chi connectivity index (χ2n) is 7.05. The van der Waals surface area contributed by atoms with E-state index in [4.69, 9.17) is 9.15 Å². The van der Waals surface area contributed by atoms with Crippen molar-refractivity contribution in [2.75, 3.05) is 26.3 Å². The van der Waals surface area contributed by atoms with Crippen molar-refractivity contribution in [2.45, 2.75) is 51.7 Å². The number of nitrogens with one attached hydrogen (secondary N) is 1. The molecule has 1 aromatic rings. The minimum Gasteiger partial charge on any atom is -0.468 e. The summed E-state index contributed by atoms with van der Waals surface area (Å²) in [6, 6.07) is 5.34. The van der Waals surface area contributed by atoms with Gasteiger partial charge in [0.15, 0.2) is 0 Å². The third kappa shape index (κ3) is 4.09. The molecule has 1 atom stereocenters. The number of rotatable bonds is 8. The van der Waals surface area contributed by atoms with Gasteiger partial charge in [0.05, 0.1) is 19.4 Å². The van der Waals surface area contributed by atoms with E-state index in [9.17, 15) is 0 Å². The average Bonchev–Trinajstić information content (AvgIpc) is 2.99. The molecule has 1 aromatic heterocycles. The predicted octanol–water partition coefficient (Wildman–Crippen LogP) is 2.65. The van der Waals surface area contributed by atoms with E-state index in [0.29, 0.717) is 6.04 Å². The second kappa shape index (κ2) is 6.51. The lowest BCUT2D eigenvalue weighted by molar-refractivity contribution is 0.0953. The molecule has 3 rings (SSSR count). The Labute approximate surface area is 127 Å². The zero-order valence-electron chi connectivity index (χ0n) is 13.3. The molecule has 0 bridgehead atoms. The summed E-state index contributed by atoms with van der Waals surface area (Å²) in [5, 5.41) is 3.62. The third-order valence-corrected chi connectivity index (χ3v) is 4.61. The van der Waals surface area contributed by atoms with E-state index in [1.807, 2.05) is 6.07 Å². The molecule has 4 nitrogen and oxygen atoms in total. The Morgan fingerprint density at radius 1 is 1.43 bits per heavy atom. The summed E-state index contributed by atoms with van der Waals surface area (Å²) in [4.78, 5) is 2.61. The van der Waals surface area contributed by atoms with Crippen LogP contribution in [0.4, 0.5) is 0 Å².